The van der Waals surface area contributed by atoms with Crippen LogP contribution in [0.1, 0.15) is 44.2 Å². The third-order valence-electron chi connectivity index (χ3n) is 4.82. The van der Waals surface area contributed by atoms with Crippen molar-refractivity contribution >= 4 is 15.7 Å². The molecule has 3 rings (SSSR count). The van der Waals surface area contributed by atoms with E-state index in [1.165, 1.54) is 0 Å². The lowest BCUT2D eigenvalue weighted by molar-refractivity contribution is -0.120. The Balaban J connectivity index is 1.62. The number of aromatic nitrogens is 2. The Morgan fingerprint density at radius 1 is 1.38 bits per heavy atom. The molecule has 1 atom stereocenters. The molecule has 1 aliphatic heterocycles. The fourth-order valence-corrected chi connectivity index (χ4v) is 3.86. The molecule has 0 spiro atoms. The summed E-state index contributed by atoms with van der Waals surface area (Å²) >= 11 is 0. The van der Waals surface area contributed by atoms with Gasteiger partial charge in [0, 0.05) is 37.6 Å². The topological polar surface area (TPSA) is 84.3 Å². The number of carbonyl (C=O) groups is 1. The molecule has 2 aliphatic rings. The molecule has 0 saturated heterocycles. The Morgan fingerprint density at radius 2 is 2.12 bits per heavy atom. The second kappa shape index (κ2) is 6.84. The van der Waals surface area contributed by atoms with E-state index >= 15 is 0 Å². The molecule has 1 unspecified atom stereocenters. The zero-order valence-electron chi connectivity index (χ0n) is 14.4. The first-order chi connectivity index (χ1) is 11.4. The van der Waals surface area contributed by atoms with Gasteiger partial charge in [-0.3, -0.25) is 9.69 Å². The largest absolute Gasteiger partial charge is 0.353 e. The first kappa shape index (κ1) is 17.4. The number of imidazole rings is 1. The minimum atomic E-state index is -2.96. The summed E-state index contributed by atoms with van der Waals surface area (Å²) in [5, 5.41) is 2.98. The highest BCUT2D eigenvalue weighted by Gasteiger charge is 2.28. The van der Waals surface area contributed by atoms with Gasteiger partial charge >= 0.3 is 0 Å². The van der Waals surface area contributed by atoms with Crippen molar-refractivity contribution < 1.29 is 13.2 Å². The van der Waals surface area contributed by atoms with Crippen LogP contribution in [0.25, 0.3) is 0 Å². The van der Waals surface area contributed by atoms with Gasteiger partial charge < -0.3 is 9.88 Å². The molecule has 1 aromatic heterocycles. The molecule has 0 radical (unpaired) electrons. The minimum absolute atomic E-state index is 0.0338. The quantitative estimate of drug-likeness (QED) is 0.771. The maximum absolute atomic E-state index is 11.9. The second-order valence-corrected chi connectivity index (χ2v) is 9.22. The van der Waals surface area contributed by atoms with Crippen LogP contribution < -0.4 is 5.32 Å². The van der Waals surface area contributed by atoms with Crippen LogP contribution in [0.15, 0.2) is 6.20 Å². The molecule has 7 nitrogen and oxygen atoms in total. The summed E-state index contributed by atoms with van der Waals surface area (Å²) in [6, 6.07) is 0.427. The molecule has 134 valence electrons. The highest BCUT2D eigenvalue weighted by Crippen LogP contribution is 2.25. The normalized spacial score (nSPS) is 21.5. The highest BCUT2D eigenvalue weighted by atomic mass is 32.2. The zero-order valence-corrected chi connectivity index (χ0v) is 15.2. The second-order valence-electron chi connectivity index (χ2n) is 6.75. The number of hydrogen-bond donors (Lipinski definition) is 1. The van der Waals surface area contributed by atoms with E-state index in [0.717, 1.165) is 37.4 Å². The number of amides is 1. The van der Waals surface area contributed by atoms with Crippen LogP contribution in [0, 0.1) is 0 Å². The van der Waals surface area contributed by atoms with Gasteiger partial charge in [0.2, 0.25) is 5.91 Å². The van der Waals surface area contributed by atoms with E-state index < -0.39 is 9.84 Å². The summed E-state index contributed by atoms with van der Waals surface area (Å²) in [4.78, 5) is 18.7. The first-order valence-electron chi connectivity index (χ1n) is 8.67. The Kier molecular flexibility index (Phi) is 4.96. The highest BCUT2D eigenvalue weighted by molar-refractivity contribution is 7.91. The standard InChI is InChI=1S/C16H26N4O3S/c1-3-24(22,23)9-8-19-6-7-20-11-14(18-16(20)12(19)2)10-15(21)17-13-4-5-13/h11-13H,3-10H2,1-2H3,(H,17,21). The third kappa shape index (κ3) is 4.16. The van der Waals surface area contributed by atoms with Gasteiger partial charge in [-0.05, 0) is 19.8 Å². The number of carbonyl (C=O) groups excluding carboxylic acids is 1. The van der Waals surface area contributed by atoms with E-state index in [4.69, 9.17) is 0 Å². The lowest BCUT2D eigenvalue weighted by Crippen LogP contribution is -2.39. The average Bonchev–Trinajstić information content (AvgIpc) is 3.24. The number of nitrogens with zero attached hydrogens (tertiary/aromatic N) is 3. The van der Waals surface area contributed by atoms with Gasteiger partial charge in [0.1, 0.15) is 5.82 Å². The number of fused-ring (bicyclic) bond motifs is 1. The molecular weight excluding hydrogens is 328 g/mol. The summed E-state index contributed by atoms with van der Waals surface area (Å²) in [6.07, 6.45) is 4.43. The number of nitrogens with one attached hydrogen (secondary N) is 1. The van der Waals surface area contributed by atoms with E-state index in [9.17, 15) is 13.2 Å². The van der Waals surface area contributed by atoms with Gasteiger partial charge in [-0.1, -0.05) is 6.92 Å². The molecule has 0 bridgehead atoms. The van der Waals surface area contributed by atoms with E-state index in [-0.39, 0.29) is 23.5 Å². The first-order valence-corrected chi connectivity index (χ1v) is 10.5. The maximum Gasteiger partial charge on any atom is 0.226 e. The van der Waals surface area contributed by atoms with Gasteiger partial charge in [-0.25, -0.2) is 13.4 Å². The van der Waals surface area contributed by atoms with Gasteiger partial charge in [-0.15, -0.1) is 0 Å². The van der Waals surface area contributed by atoms with Crippen LogP contribution >= 0.6 is 0 Å². The van der Waals surface area contributed by atoms with Crippen molar-refractivity contribution in [1.82, 2.24) is 19.8 Å². The van der Waals surface area contributed by atoms with E-state index in [0.29, 0.717) is 19.0 Å². The lowest BCUT2D eigenvalue weighted by Gasteiger charge is -2.33. The fraction of sp³-hybridized carbons (Fsp3) is 0.750. The van der Waals surface area contributed by atoms with E-state index in [2.05, 4.69) is 19.8 Å². The number of rotatable bonds is 7. The van der Waals surface area contributed by atoms with Crippen molar-refractivity contribution in [3.05, 3.63) is 17.7 Å². The van der Waals surface area contributed by atoms with Crippen molar-refractivity contribution in [2.24, 2.45) is 0 Å². The van der Waals surface area contributed by atoms with Crippen molar-refractivity contribution in [1.29, 1.82) is 0 Å². The predicted molar refractivity (Wildman–Crippen MR) is 91.4 cm³/mol. The van der Waals surface area contributed by atoms with Crippen LogP contribution in [-0.2, 0) is 27.6 Å². The maximum atomic E-state index is 11.9. The molecule has 0 aromatic carbocycles. The van der Waals surface area contributed by atoms with Crippen LogP contribution in [-0.4, -0.2) is 59.4 Å². The molecule has 24 heavy (non-hydrogen) atoms. The van der Waals surface area contributed by atoms with Gasteiger partial charge in [-0.2, -0.15) is 0 Å². The Bertz CT molecular complexity index is 709. The van der Waals surface area contributed by atoms with Crippen LogP contribution in [0.2, 0.25) is 0 Å². The molecule has 1 fully saturated rings. The smallest absolute Gasteiger partial charge is 0.226 e. The molecule has 1 amide bonds. The summed E-state index contributed by atoms with van der Waals surface area (Å²) in [7, 11) is -2.96. The molecule has 1 saturated carbocycles. The van der Waals surface area contributed by atoms with Gasteiger partial charge in [0.05, 0.1) is 23.9 Å². The Morgan fingerprint density at radius 3 is 2.79 bits per heavy atom. The SMILES string of the molecule is CCS(=O)(=O)CCN1CCn2cc(CC(=O)NC3CC3)nc2C1C. The molecule has 2 heterocycles. The third-order valence-corrected chi connectivity index (χ3v) is 6.50. The predicted octanol–water partition coefficient (Wildman–Crippen LogP) is 0.516. The molecule has 1 aliphatic carbocycles. The van der Waals surface area contributed by atoms with Crippen molar-refractivity contribution in [2.45, 2.75) is 51.7 Å². The monoisotopic (exact) mass is 354 g/mol. The van der Waals surface area contributed by atoms with Crippen molar-refractivity contribution in [3.63, 3.8) is 0 Å². The van der Waals surface area contributed by atoms with E-state index in [1.807, 2.05) is 13.1 Å². The van der Waals surface area contributed by atoms with E-state index in [1.54, 1.807) is 6.92 Å². The Hall–Kier alpha value is -1.41. The number of hydrogen-bond acceptors (Lipinski definition) is 5. The van der Waals surface area contributed by atoms with Crippen molar-refractivity contribution in [3.8, 4) is 0 Å². The summed E-state index contributed by atoms with van der Waals surface area (Å²) in [5.74, 6) is 1.32. The summed E-state index contributed by atoms with van der Waals surface area (Å²) < 4.78 is 25.5. The summed E-state index contributed by atoms with van der Waals surface area (Å²) in [5.41, 5.74) is 0.790. The average molecular weight is 354 g/mol. The molecule has 1 aromatic rings. The van der Waals surface area contributed by atoms with Crippen LogP contribution in [0.4, 0.5) is 0 Å². The van der Waals surface area contributed by atoms with Gasteiger partial charge in [0.15, 0.2) is 9.84 Å². The van der Waals surface area contributed by atoms with Crippen LogP contribution in [0.5, 0.6) is 0 Å². The van der Waals surface area contributed by atoms with Gasteiger partial charge in [0.25, 0.3) is 0 Å². The fourth-order valence-electron chi connectivity index (χ4n) is 3.05. The zero-order chi connectivity index (χ0) is 17.3. The number of sulfone groups is 1. The van der Waals surface area contributed by atoms with Crippen molar-refractivity contribution in [2.75, 3.05) is 24.6 Å². The minimum Gasteiger partial charge on any atom is -0.353 e. The molecule has 1 N–H and O–H groups in total. The van der Waals surface area contributed by atoms with Crippen LogP contribution in [0.3, 0.4) is 0 Å². The Labute approximate surface area is 143 Å². The molecule has 8 heteroatoms. The molecular formula is C16H26N4O3S. The lowest BCUT2D eigenvalue weighted by atomic mass is 10.2. The summed E-state index contributed by atoms with van der Waals surface area (Å²) in [6.45, 7) is 5.84.